The summed E-state index contributed by atoms with van der Waals surface area (Å²) < 4.78 is 0. The van der Waals surface area contributed by atoms with Crippen molar-refractivity contribution in [2.24, 2.45) is 5.84 Å². The van der Waals surface area contributed by atoms with Gasteiger partial charge in [-0.2, -0.15) is 0 Å². The molecule has 0 aliphatic rings. The van der Waals surface area contributed by atoms with E-state index < -0.39 is 0 Å². The fourth-order valence-electron chi connectivity index (χ4n) is 2.06. The zero-order valence-corrected chi connectivity index (χ0v) is 13.2. The molecule has 20 heavy (non-hydrogen) atoms. The summed E-state index contributed by atoms with van der Waals surface area (Å²) in [5.74, 6) is 5.67. The van der Waals surface area contributed by atoms with Crippen LogP contribution >= 0.6 is 34.8 Å². The number of nitrogens with two attached hydrogens (primary N) is 1. The Hall–Kier alpha value is -0.770. The van der Waals surface area contributed by atoms with Gasteiger partial charge in [0.05, 0.1) is 10.0 Å². The van der Waals surface area contributed by atoms with Gasteiger partial charge in [-0.25, -0.2) is 0 Å². The molecule has 2 nitrogen and oxygen atoms in total. The molecule has 0 aliphatic carbocycles. The van der Waals surface area contributed by atoms with Crippen LogP contribution in [0.15, 0.2) is 36.4 Å². The minimum Gasteiger partial charge on any atom is -0.271 e. The highest BCUT2D eigenvalue weighted by Crippen LogP contribution is 2.27. The van der Waals surface area contributed by atoms with Gasteiger partial charge in [-0.3, -0.25) is 11.3 Å². The Labute approximate surface area is 133 Å². The summed E-state index contributed by atoms with van der Waals surface area (Å²) in [6.07, 6.45) is 0.717. The van der Waals surface area contributed by atoms with E-state index in [2.05, 4.69) is 5.43 Å². The average molecular weight is 330 g/mol. The third kappa shape index (κ3) is 3.66. The Balaban J connectivity index is 2.23. The minimum absolute atomic E-state index is 0.0109. The Kier molecular flexibility index (Phi) is 5.30. The van der Waals surface area contributed by atoms with Crippen molar-refractivity contribution in [2.75, 3.05) is 0 Å². The minimum atomic E-state index is -0.0109. The number of benzene rings is 2. The molecule has 0 aliphatic heterocycles. The van der Waals surface area contributed by atoms with Crippen LogP contribution in [0, 0.1) is 6.92 Å². The molecule has 2 aromatic rings. The number of rotatable bonds is 4. The second-order valence-corrected chi connectivity index (χ2v) is 5.90. The SMILES string of the molecule is Cc1cc(C(Cc2ccc(Cl)c(Cl)c2)NN)ccc1Cl. The summed E-state index contributed by atoms with van der Waals surface area (Å²) in [4.78, 5) is 0. The second-order valence-electron chi connectivity index (χ2n) is 4.68. The molecule has 0 amide bonds. The summed E-state index contributed by atoms with van der Waals surface area (Å²) in [6, 6.07) is 11.5. The first-order valence-corrected chi connectivity index (χ1v) is 7.30. The van der Waals surface area contributed by atoms with Crippen molar-refractivity contribution in [1.82, 2.24) is 5.43 Å². The fourth-order valence-corrected chi connectivity index (χ4v) is 2.50. The van der Waals surface area contributed by atoms with E-state index in [1.54, 1.807) is 6.07 Å². The maximum absolute atomic E-state index is 6.04. The first-order valence-electron chi connectivity index (χ1n) is 6.17. The Bertz CT molecular complexity index is 614. The van der Waals surface area contributed by atoms with Gasteiger partial charge >= 0.3 is 0 Å². The Morgan fingerprint density at radius 3 is 2.30 bits per heavy atom. The van der Waals surface area contributed by atoms with E-state index in [9.17, 15) is 0 Å². The monoisotopic (exact) mass is 328 g/mol. The zero-order valence-electron chi connectivity index (χ0n) is 11.0. The number of halogens is 3. The summed E-state index contributed by atoms with van der Waals surface area (Å²) in [6.45, 7) is 1.97. The topological polar surface area (TPSA) is 38.0 Å². The van der Waals surface area contributed by atoms with Gasteiger partial charge in [0.2, 0.25) is 0 Å². The lowest BCUT2D eigenvalue weighted by atomic mass is 9.98. The molecule has 0 bridgehead atoms. The van der Waals surface area contributed by atoms with E-state index in [-0.39, 0.29) is 6.04 Å². The van der Waals surface area contributed by atoms with Crippen LogP contribution < -0.4 is 11.3 Å². The van der Waals surface area contributed by atoms with Gasteiger partial charge < -0.3 is 0 Å². The maximum atomic E-state index is 6.04. The lowest BCUT2D eigenvalue weighted by molar-refractivity contribution is 0.551. The van der Waals surface area contributed by atoms with Crippen molar-refractivity contribution in [3.8, 4) is 0 Å². The molecular formula is C15H15Cl3N2. The fraction of sp³-hybridized carbons (Fsp3) is 0.200. The molecule has 0 aromatic heterocycles. The highest BCUT2D eigenvalue weighted by Gasteiger charge is 2.12. The van der Waals surface area contributed by atoms with Gasteiger partial charge in [0.15, 0.2) is 0 Å². The molecule has 5 heteroatoms. The van der Waals surface area contributed by atoms with Crippen LogP contribution in [-0.4, -0.2) is 0 Å². The molecule has 1 unspecified atom stereocenters. The van der Waals surface area contributed by atoms with Gasteiger partial charge in [-0.15, -0.1) is 0 Å². The number of hydrazine groups is 1. The summed E-state index contributed by atoms with van der Waals surface area (Å²) in [5, 5.41) is 1.85. The Morgan fingerprint density at radius 2 is 1.70 bits per heavy atom. The number of hydrogen-bond acceptors (Lipinski definition) is 2. The molecule has 0 heterocycles. The van der Waals surface area contributed by atoms with Crippen LogP contribution in [0.1, 0.15) is 22.7 Å². The highest BCUT2D eigenvalue weighted by atomic mass is 35.5. The van der Waals surface area contributed by atoms with Gasteiger partial charge in [-0.1, -0.05) is 53.0 Å². The third-order valence-corrected chi connectivity index (χ3v) is 4.37. The van der Waals surface area contributed by atoms with Crippen molar-refractivity contribution >= 4 is 34.8 Å². The predicted molar refractivity (Wildman–Crippen MR) is 86.4 cm³/mol. The number of hydrogen-bond donors (Lipinski definition) is 2. The van der Waals surface area contributed by atoms with Crippen molar-refractivity contribution in [1.29, 1.82) is 0 Å². The lowest BCUT2D eigenvalue weighted by Crippen LogP contribution is -2.29. The molecule has 0 radical (unpaired) electrons. The molecular weight excluding hydrogens is 315 g/mol. The molecule has 0 spiro atoms. The first-order chi connectivity index (χ1) is 9.51. The third-order valence-electron chi connectivity index (χ3n) is 3.21. The second kappa shape index (κ2) is 6.79. The van der Waals surface area contributed by atoms with Gasteiger partial charge in [0, 0.05) is 11.1 Å². The Morgan fingerprint density at radius 1 is 1.00 bits per heavy atom. The summed E-state index contributed by atoms with van der Waals surface area (Å²) in [7, 11) is 0. The van der Waals surface area contributed by atoms with Crippen LogP contribution in [0.2, 0.25) is 15.1 Å². The van der Waals surface area contributed by atoms with Crippen molar-refractivity contribution in [2.45, 2.75) is 19.4 Å². The van der Waals surface area contributed by atoms with Crippen molar-refractivity contribution in [3.05, 3.63) is 68.2 Å². The molecule has 0 fully saturated rings. The lowest BCUT2D eigenvalue weighted by Gasteiger charge is -2.17. The van der Waals surface area contributed by atoms with E-state index in [4.69, 9.17) is 40.6 Å². The van der Waals surface area contributed by atoms with Crippen molar-refractivity contribution < 1.29 is 0 Å². The van der Waals surface area contributed by atoms with E-state index in [1.807, 2.05) is 37.3 Å². The van der Waals surface area contributed by atoms with Gasteiger partial charge in [-0.05, 0) is 48.2 Å². The number of nitrogens with one attached hydrogen (secondary N) is 1. The van der Waals surface area contributed by atoms with Crippen LogP contribution in [0.25, 0.3) is 0 Å². The van der Waals surface area contributed by atoms with E-state index in [1.165, 1.54) is 0 Å². The molecule has 2 aromatic carbocycles. The smallest absolute Gasteiger partial charge is 0.0595 e. The summed E-state index contributed by atoms with van der Waals surface area (Å²) in [5.41, 5.74) is 6.00. The molecule has 1 atom stereocenters. The van der Waals surface area contributed by atoms with Crippen LogP contribution in [0.4, 0.5) is 0 Å². The first kappa shape index (κ1) is 15.6. The van der Waals surface area contributed by atoms with E-state index in [0.717, 1.165) is 21.7 Å². The van der Waals surface area contributed by atoms with E-state index in [0.29, 0.717) is 16.5 Å². The quantitative estimate of drug-likeness (QED) is 0.630. The highest BCUT2D eigenvalue weighted by molar-refractivity contribution is 6.42. The van der Waals surface area contributed by atoms with Gasteiger partial charge in [0.1, 0.15) is 0 Å². The van der Waals surface area contributed by atoms with Crippen LogP contribution in [-0.2, 0) is 6.42 Å². The largest absolute Gasteiger partial charge is 0.271 e. The maximum Gasteiger partial charge on any atom is 0.0595 e. The number of aryl methyl sites for hydroxylation is 1. The van der Waals surface area contributed by atoms with Crippen LogP contribution in [0.5, 0.6) is 0 Å². The van der Waals surface area contributed by atoms with Crippen molar-refractivity contribution in [3.63, 3.8) is 0 Å². The van der Waals surface area contributed by atoms with Gasteiger partial charge in [0.25, 0.3) is 0 Å². The van der Waals surface area contributed by atoms with E-state index >= 15 is 0 Å². The summed E-state index contributed by atoms with van der Waals surface area (Å²) >= 11 is 18.0. The van der Waals surface area contributed by atoms with Crippen LogP contribution in [0.3, 0.4) is 0 Å². The standard InChI is InChI=1S/C15H15Cl3N2/c1-9-6-11(3-5-12(9)16)15(20-19)8-10-2-4-13(17)14(18)7-10/h2-7,15,20H,8,19H2,1H3. The molecule has 0 saturated heterocycles. The zero-order chi connectivity index (χ0) is 14.7. The molecule has 3 N–H and O–H groups in total. The molecule has 0 saturated carbocycles. The predicted octanol–water partition coefficient (Wildman–Crippen LogP) is 4.70. The normalized spacial score (nSPS) is 12.4. The molecule has 2 rings (SSSR count). The molecule has 106 valence electrons. The average Bonchev–Trinajstić information content (AvgIpc) is 2.43.